The fourth-order valence-corrected chi connectivity index (χ4v) is 1.32. The topological polar surface area (TPSA) is 63.6 Å². The Morgan fingerprint density at radius 1 is 1.50 bits per heavy atom. The van der Waals surface area contributed by atoms with Gasteiger partial charge >= 0.3 is 5.97 Å². The molecule has 78 valence electrons. The first-order chi connectivity index (χ1) is 6.58. The molecule has 1 aliphatic heterocycles. The molecule has 0 bridgehead atoms. The van der Waals surface area contributed by atoms with Gasteiger partial charge in [-0.1, -0.05) is 12.2 Å². The second-order valence-corrected chi connectivity index (χ2v) is 3.45. The van der Waals surface area contributed by atoms with E-state index < -0.39 is 12.1 Å². The molecule has 1 unspecified atom stereocenters. The van der Waals surface area contributed by atoms with Gasteiger partial charge in [0.25, 0.3) is 0 Å². The van der Waals surface area contributed by atoms with Crippen LogP contribution in [-0.4, -0.2) is 29.1 Å². The van der Waals surface area contributed by atoms with Crippen molar-refractivity contribution in [2.24, 2.45) is 0 Å². The maximum atomic E-state index is 11.1. The van der Waals surface area contributed by atoms with E-state index in [-0.39, 0.29) is 24.7 Å². The van der Waals surface area contributed by atoms with Gasteiger partial charge in [-0.05, 0) is 6.92 Å². The van der Waals surface area contributed by atoms with Crippen LogP contribution in [0.4, 0.5) is 0 Å². The van der Waals surface area contributed by atoms with Crippen molar-refractivity contribution in [3.63, 3.8) is 0 Å². The van der Waals surface area contributed by atoms with Crippen LogP contribution in [0.3, 0.4) is 0 Å². The number of rotatable bonds is 0. The summed E-state index contributed by atoms with van der Waals surface area (Å²) in [5.74, 6) is -0.697. The van der Waals surface area contributed by atoms with E-state index in [9.17, 15) is 14.7 Å². The number of ketones is 1. The largest absolute Gasteiger partial charge is 0.462 e. The number of aliphatic hydroxyl groups excluding tert-OH is 1. The molecule has 1 aliphatic rings. The van der Waals surface area contributed by atoms with Crippen LogP contribution in [-0.2, 0) is 14.3 Å². The highest BCUT2D eigenvalue weighted by molar-refractivity contribution is 5.96. The van der Waals surface area contributed by atoms with E-state index in [2.05, 4.69) is 0 Å². The summed E-state index contributed by atoms with van der Waals surface area (Å²) in [5, 5.41) is 9.38. The molecule has 0 aromatic rings. The minimum Gasteiger partial charge on any atom is -0.462 e. The number of allylic oxidation sites excluding steroid dienone is 1. The van der Waals surface area contributed by atoms with Gasteiger partial charge in [-0.2, -0.15) is 0 Å². The average molecular weight is 198 g/mol. The number of carbonyl (C=O) groups excluding carboxylic acids is 2. The summed E-state index contributed by atoms with van der Waals surface area (Å²) in [6.07, 6.45) is 2.53. The predicted molar refractivity (Wildman–Crippen MR) is 49.6 cm³/mol. The van der Waals surface area contributed by atoms with E-state index in [4.69, 9.17) is 4.74 Å². The van der Waals surface area contributed by atoms with Crippen LogP contribution in [0.15, 0.2) is 12.2 Å². The Morgan fingerprint density at radius 2 is 2.21 bits per heavy atom. The molecule has 0 fully saturated rings. The summed E-state index contributed by atoms with van der Waals surface area (Å²) >= 11 is 0. The van der Waals surface area contributed by atoms with Crippen molar-refractivity contribution in [1.82, 2.24) is 0 Å². The van der Waals surface area contributed by atoms with Crippen LogP contribution >= 0.6 is 0 Å². The lowest BCUT2D eigenvalue weighted by atomic mass is 10.1. The fourth-order valence-electron chi connectivity index (χ4n) is 1.32. The monoisotopic (exact) mass is 198 g/mol. The molecule has 0 aromatic carbocycles. The zero-order chi connectivity index (χ0) is 10.6. The molecular weight excluding hydrogens is 184 g/mol. The van der Waals surface area contributed by atoms with Crippen LogP contribution in [0, 0.1) is 0 Å². The average Bonchev–Trinajstić information content (AvgIpc) is 2.01. The van der Waals surface area contributed by atoms with Crippen molar-refractivity contribution in [3.8, 4) is 0 Å². The Balaban J connectivity index is 2.65. The van der Waals surface area contributed by atoms with Gasteiger partial charge in [0.05, 0.1) is 6.10 Å². The van der Waals surface area contributed by atoms with Crippen LogP contribution in [0.2, 0.25) is 0 Å². The molecule has 0 aliphatic carbocycles. The summed E-state index contributed by atoms with van der Waals surface area (Å²) < 4.78 is 4.91. The van der Waals surface area contributed by atoms with E-state index in [1.54, 1.807) is 19.1 Å². The molecule has 2 atom stereocenters. The fraction of sp³-hybridized carbons (Fsp3) is 0.600. The summed E-state index contributed by atoms with van der Waals surface area (Å²) in [7, 11) is 0. The van der Waals surface area contributed by atoms with Gasteiger partial charge < -0.3 is 9.84 Å². The van der Waals surface area contributed by atoms with Crippen molar-refractivity contribution < 1.29 is 19.4 Å². The molecule has 0 saturated carbocycles. The van der Waals surface area contributed by atoms with Gasteiger partial charge in [-0.3, -0.25) is 9.59 Å². The first kappa shape index (κ1) is 10.9. The number of Topliss-reactive ketones (excluding diaryl/α,β-unsaturated/α-hetero) is 1. The molecule has 4 nitrogen and oxygen atoms in total. The third kappa shape index (κ3) is 3.70. The molecule has 0 spiro atoms. The number of ether oxygens (including phenoxy) is 1. The molecule has 1 N–H and O–H groups in total. The molecule has 1 rings (SSSR count). The lowest BCUT2D eigenvalue weighted by Gasteiger charge is -2.16. The third-order valence-electron chi connectivity index (χ3n) is 1.95. The van der Waals surface area contributed by atoms with E-state index in [1.165, 1.54) is 0 Å². The van der Waals surface area contributed by atoms with Gasteiger partial charge in [-0.25, -0.2) is 0 Å². The molecule has 0 radical (unpaired) electrons. The molecule has 1 heterocycles. The van der Waals surface area contributed by atoms with Gasteiger partial charge in [-0.15, -0.1) is 0 Å². The molecule has 0 aromatic heterocycles. The van der Waals surface area contributed by atoms with Gasteiger partial charge in [0.15, 0.2) is 0 Å². The van der Waals surface area contributed by atoms with Crippen molar-refractivity contribution >= 4 is 11.8 Å². The van der Waals surface area contributed by atoms with Crippen LogP contribution in [0.1, 0.15) is 26.2 Å². The van der Waals surface area contributed by atoms with E-state index >= 15 is 0 Å². The maximum Gasteiger partial charge on any atom is 0.313 e. The first-order valence-electron chi connectivity index (χ1n) is 4.64. The number of hydrogen-bond acceptors (Lipinski definition) is 4. The Labute approximate surface area is 82.6 Å². The van der Waals surface area contributed by atoms with Gasteiger partial charge in [0.2, 0.25) is 0 Å². The Hall–Kier alpha value is -1.16. The lowest BCUT2D eigenvalue weighted by Crippen LogP contribution is -2.22. The zero-order valence-corrected chi connectivity index (χ0v) is 8.10. The number of carbonyl (C=O) groups is 2. The molecule has 0 saturated heterocycles. The number of aliphatic hydroxyl groups is 1. The highest BCUT2D eigenvalue weighted by Crippen LogP contribution is 2.08. The SMILES string of the molecule is CC1C[C@H](O)/C=C\CC(=O)CC(=O)O1. The Morgan fingerprint density at radius 3 is 2.93 bits per heavy atom. The minimum atomic E-state index is -0.649. The lowest BCUT2D eigenvalue weighted by molar-refractivity contribution is -0.151. The Kier molecular flexibility index (Phi) is 3.83. The van der Waals surface area contributed by atoms with Crippen molar-refractivity contribution in [2.75, 3.05) is 0 Å². The molecule has 14 heavy (non-hydrogen) atoms. The van der Waals surface area contributed by atoms with Gasteiger partial charge in [0.1, 0.15) is 18.3 Å². The number of esters is 1. The normalized spacial score (nSPS) is 32.1. The van der Waals surface area contributed by atoms with Crippen molar-refractivity contribution in [3.05, 3.63) is 12.2 Å². The first-order valence-corrected chi connectivity index (χ1v) is 4.64. The second kappa shape index (κ2) is 4.91. The van der Waals surface area contributed by atoms with Crippen LogP contribution in [0.5, 0.6) is 0 Å². The zero-order valence-electron chi connectivity index (χ0n) is 8.10. The van der Waals surface area contributed by atoms with E-state index in [0.29, 0.717) is 6.42 Å². The van der Waals surface area contributed by atoms with Crippen LogP contribution < -0.4 is 0 Å². The number of hydrogen-bond donors (Lipinski definition) is 1. The third-order valence-corrected chi connectivity index (χ3v) is 1.95. The predicted octanol–water partition coefficient (Wildman–Crippen LogP) is 0.588. The quantitative estimate of drug-likeness (QED) is 0.351. The Bertz CT molecular complexity index is 257. The maximum absolute atomic E-state index is 11.1. The van der Waals surface area contributed by atoms with E-state index in [0.717, 1.165) is 0 Å². The summed E-state index contributed by atoms with van der Waals surface area (Å²) in [6, 6.07) is 0. The highest BCUT2D eigenvalue weighted by atomic mass is 16.5. The second-order valence-electron chi connectivity index (χ2n) is 3.45. The summed E-state index contributed by atoms with van der Waals surface area (Å²) in [5.41, 5.74) is 0. The summed E-state index contributed by atoms with van der Waals surface area (Å²) in [6.45, 7) is 1.70. The molecule has 4 heteroatoms. The molecule has 0 amide bonds. The number of cyclic esters (lactones) is 1. The highest BCUT2D eigenvalue weighted by Gasteiger charge is 2.16. The van der Waals surface area contributed by atoms with Gasteiger partial charge in [0, 0.05) is 12.8 Å². The smallest absolute Gasteiger partial charge is 0.313 e. The standard InChI is InChI=1S/C10H14O4/c1-7-5-8(11)3-2-4-9(12)6-10(13)14-7/h2-3,7-8,11H,4-6H2,1H3/b3-2-/t7?,8-/m1/s1. The minimum absolute atomic E-state index is 0.176. The van der Waals surface area contributed by atoms with Crippen LogP contribution in [0.25, 0.3) is 0 Å². The van der Waals surface area contributed by atoms with Crippen molar-refractivity contribution in [2.45, 2.75) is 38.4 Å². The van der Waals surface area contributed by atoms with E-state index in [1.807, 2.05) is 0 Å². The summed E-state index contributed by atoms with van der Waals surface area (Å²) in [4.78, 5) is 22.2. The van der Waals surface area contributed by atoms with Crippen molar-refractivity contribution in [1.29, 1.82) is 0 Å². The molecular formula is C10H14O4.